The predicted octanol–water partition coefficient (Wildman–Crippen LogP) is 3.95. The molecule has 35 heavy (non-hydrogen) atoms. The molecule has 1 N–H and O–H groups in total. The van der Waals surface area contributed by atoms with Crippen molar-refractivity contribution >= 4 is 17.4 Å². The van der Waals surface area contributed by atoms with E-state index < -0.39 is 17.7 Å². The molecule has 1 saturated heterocycles. The summed E-state index contributed by atoms with van der Waals surface area (Å²) in [6.45, 7) is 7.15. The Balaban J connectivity index is 1.78. The van der Waals surface area contributed by atoms with Crippen molar-refractivity contribution in [2.24, 2.45) is 0 Å². The first-order valence-electron chi connectivity index (χ1n) is 11.9. The number of Topliss-reactive ketones (excluding diaryl/α,β-unsaturated/α-hetero) is 1. The molecule has 0 bridgehead atoms. The Hall–Kier alpha value is -3.58. The minimum atomic E-state index is -0.715. The molecule has 1 fully saturated rings. The number of aliphatic hydroxyl groups is 1. The molecule has 2 aliphatic rings. The number of carbonyl (C=O) groups is 2. The molecule has 0 aliphatic carbocycles. The maximum absolute atomic E-state index is 13.3. The van der Waals surface area contributed by atoms with Gasteiger partial charge in [-0.15, -0.1) is 0 Å². The fourth-order valence-electron chi connectivity index (χ4n) is 4.67. The number of likely N-dealkylation sites (tertiary alicyclic amines) is 1. The monoisotopic (exact) mass is 476 g/mol. The number of fused-ring (bicyclic) bond motifs is 1. The van der Waals surface area contributed by atoms with E-state index in [1.165, 1.54) is 0 Å². The van der Waals surface area contributed by atoms with E-state index in [0.717, 1.165) is 24.3 Å². The lowest BCUT2D eigenvalue weighted by atomic mass is 9.94. The zero-order valence-electron chi connectivity index (χ0n) is 20.5. The van der Waals surface area contributed by atoms with Crippen molar-refractivity contribution in [1.82, 2.24) is 9.80 Å². The molecule has 0 spiro atoms. The van der Waals surface area contributed by atoms with Crippen LogP contribution in [0.25, 0.3) is 5.76 Å². The van der Waals surface area contributed by atoms with E-state index in [2.05, 4.69) is 6.58 Å². The topological polar surface area (TPSA) is 79.3 Å². The van der Waals surface area contributed by atoms with Gasteiger partial charge in [-0.25, -0.2) is 0 Å². The minimum Gasteiger partial charge on any atom is -0.507 e. The Kier molecular flexibility index (Phi) is 7.26. The molecule has 7 heteroatoms. The van der Waals surface area contributed by atoms with Gasteiger partial charge in [0.25, 0.3) is 11.7 Å². The summed E-state index contributed by atoms with van der Waals surface area (Å²) in [5, 5.41) is 11.4. The zero-order valence-corrected chi connectivity index (χ0v) is 20.5. The third-order valence-electron chi connectivity index (χ3n) is 6.26. The molecule has 2 heterocycles. The molecule has 2 atom stereocenters. The average Bonchev–Trinajstić information content (AvgIpc) is 3.33. The lowest BCUT2D eigenvalue weighted by Gasteiger charge is -2.26. The van der Waals surface area contributed by atoms with Crippen molar-refractivity contribution in [2.45, 2.75) is 31.9 Å². The summed E-state index contributed by atoms with van der Waals surface area (Å²) in [6, 6.07) is 12.0. The van der Waals surface area contributed by atoms with Gasteiger partial charge < -0.3 is 24.4 Å². The number of amides is 1. The molecule has 0 radical (unpaired) electrons. The number of hydrogen-bond acceptors (Lipinski definition) is 6. The van der Waals surface area contributed by atoms with E-state index in [1.54, 1.807) is 23.1 Å². The van der Waals surface area contributed by atoms with Crippen molar-refractivity contribution in [2.75, 3.05) is 33.8 Å². The van der Waals surface area contributed by atoms with Crippen LogP contribution in [0, 0.1) is 0 Å². The highest BCUT2D eigenvalue weighted by Gasteiger charge is 2.46. The molecule has 184 valence electrons. The predicted molar refractivity (Wildman–Crippen MR) is 135 cm³/mol. The SMILES string of the molecule is C=CCOc1cccc([C@H]2C(=C(O)c3ccc4c(c3)C[C@@H](C)O4)C(=O)C(=O)N2CCCN(C)C)c1. The van der Waals surface area contributed by atoms with E-state index in [0.29, 0.717) is 36.4 Å². The van der Waals surface area contributed by atoms with Crippen LogP contribution in [-0.4, -0.2) is 66.5 Å². The van der Waals surface area contributed by atoms with Gasteiger partial charge in [0.15, 0.2) is 0 Å². The van der Waals surface area contributed by atoms with Gasteiger partial charge in [0.05, 0.1) is 11.6 Å². The molecule has 0 unspecified atom stereocenters. The van der Waals surface area contributed by atoms with E-state index in [4.69, 9.17) is 9.47 Å². The molecular weight excluding hydrogens is 444 g/mol. The van der Waals surface area contributed by atoms with E-state index >= 15 is 0 Å². The minimum absolute atomic E-state index is 0.0583. The van der Waals surface area contributed by atoms with Gasteiger partial charge in [-0.3, -0.25) is 9.59 Å². The first kappa shape index (κ1) is 24.5. The number of ketones is 1. The second-order valence-corrected chi connectivity index (χ2v) is 9.28. The molecule has 2 aromatic carbocycles. The van der Waals surface area contributed by atoms with Gasteiger partial charge in [-0.2, -0.15) is 0 Å². The first-order chi connectivity index (χ1) is 16.8. The number of ether oxygens (including phenoxy) is 2. The normalized spacial score (nSPS) is 20.7. The number of hydrogen-bond donors (Lipinski definition) is 1. The van der Waals surface area contributed by atoms with Gasteiger partial charge in [0, 0.05) is 18.5 Å². The fraction of sp³-hybridized carbons (Fsp3) is 0.357. The molecular formula is C28H32N2O5. The summed E-state index contributed by atoms with van der Waals surface area (Å²) in [7, 11) is 3.93. The molecule has 0 saturated carbocycles. The van der Waals surface area contributed by atoms with Crippen LogP contribution in [0.5, 0.6) is 11.5 Å². The van der Waals surface area contributed by atoms with Crippen LogP contribution >= 0.6 is 0 Å². The Morgan fingerprint density at radius 1 is 1.26 bits per heavy atom. The van der Waals surface area contributed by atoms with Crippen LogP contribution in [0.15, 0.2) is 60.7 Å². The fourth-order valence-corrected chi connectivity index (χ4v) is 4.67. The average molecular weight is 477 g/mol. The Morgan fingerprint density at radius 3 is 2.80 bits per heavy atom. The number of aliphatic hydroxyl groups excluding tert-OH is 1. The van der Waals surface area contributed by atoms with Crippen LogP contribution in [0.4, 0.5) is 0 Å². The summed E-state index contributed by atoms with van der Waals surface area (Å²) in [5.41, 5.74) is 2.26. The summed E-state index contributed by atoms with van der Waals surface area (Å²) in [6.07, 6.45) is 3.12. The smallest absolute Gasteiger partial charge is 0.295 e. The summed E-state index contributed by atoms with van der Waals surface area (Å²) >= 11 is 0. The highest BCUT2D eigenvalue weighted by atomic mass is 16.5. The van der Waals surface area contributed by atoms with Crippen LogP contribution in [-0.2, 0) is 16.0 Å². The molecule has 2 aromatic rings. The van der Waals surface area contributed by atoms with Crippen LogP contribution in [0.3, 0.4) is 0 Å². The molecule has 2 aliphatic heterocycles. The number of carbonyl (C=O) groups excluding carboxylic acids is 2. The summed E-state index contributed by atoms with van der Waals surface area (Å²) in [5.74, 6) is -0.0827. The van der Waals surface area contributed by atoms with Gasteiger partial charge in [-0.05, 0) is 75.4 Å². The van der Waals surface area contributed by atoms with Crippen molar-refractivity contribution in [3.05, 3.63) is 77.4 Å². The molecule has 4 rings (SSSR count). The van der Waals surface area contributed by atoms with Crippen molar-refractivity contribution < 1.29 is 24.2 Å². The second-order valence-electron chi connectivity index (χ2n) is 9.28. The highest BCUT2D eigenvalue weighted by molar-refractivity contribution is 6.46. The first-order valence-corrected chi connectivity index (χ1v) is 11.9. The highest BCUT2D eigenvalue weighted by Crippen LogP contribution is 2.41. The molecule has 7 nitrogen and oxygen atoms in total. The Bertz CT molecular complexity index is 1170. The van der Waals surface area contributed by atoms with Crippen molar-refractivity contribution in [1.29, 1.82) is 0 Å². The van der Waals surface area contributed by atoms with E-state index in [1.807, 2.05) is 56.3 Å². The third kappa shape index (κ3) is 5.10. The van der Waals surface area contributed by atoms with Gasteiger partial charge in [0.2, 0.25) is 0 Å². The lowest BCUT2D eigenvalue weighted by Crippen LogP contribution is -2.32. The maximum atomic E-state index is 13.3. The molecule has 0 aromatic heterocycles. The molecule has 1 amide bonds. The van der Waals surface area contributed by atoms with Gasteiger partial charge in [0.1, 0.15) is 30.0 Å². The number of nitrogens with zero attached hydrogens (tertiary/aromatic N) is 2. The van der Waals surface area contributed by atoms with Crippen LogP contribution in [0.2, 0.25) is 0 Å². The maximum Gasteiger partial charge on any atom is 0.295 e. The van der Waals surface area contributed by atoms with Gasteiger partial charge >= 0.3 is 0 Å². The van der Waals surface area contributed by atoms with E-state index in [-0.39, 0.29) is 17.4 Å². The van der Waals surface area contributed by atoms with Gasteiger partial charge in [-0.1, -0.05) is 24.8 Å². The van der Waals surface area contributed by atoms with Crippen molar-refractivity contribution in [3.8, 4) is 11.5 Å². The largest absolute Gasteiger partial charge is 0.507 e. The number of benzene rings is 2. The van der Waals surface area contributed by atoms with Crippen LogP contribution in [0.1, 0.15) is 36.1 Å². The van der Waals surface area contributed by atoms with E-state index in [9.17, 15) is 14.7 Å². The van der Waals surface area contributed by atoms with Crippen LogP contribution < -0.4 is 9.47 Å². The Morgan fingerprint density at radius 2 is 2.06 bits per heavy atom. The third-order valence-corrected chi connectivity index (χ3v) is 6.26. The second kappa shape index (κ2) is 10.4. The lowest BCUT2D eigenvalue weighted by molar-refractivity contribution is -0.139. The van der Waals surface area contributed by atoms with Crippen molar-refractivity contribution in [3.63, 3.8) is 0 Å². The quantitative estimate of drug-likeness (QED) is 0.256. The Labute approximate surface area is 206 Å². The zero-order chi connectivity index (χ0) is 25.1. The summed E-state index contributed by atoms with van der Waals surface area (Å²) < 4.78 is 11.5. The summed E-state index contributed by atoms with van der Waals surface area (Å²) in [4.78, 5) is 30.0. The standard InChI is InChI=1S/C28H32N2O5/c1-5-14-34-22-9-6-8-19(17-22)25-24(27(32)28(33)30(25)13-7-12-29(3)4)26(31)20-10-11-23-21(16-20)15-18(2)35-23/h5-6,8-11,16-18,25,31H,1,7,12-15H2,2-4H3/t18-,25+/m1/s1. The number of rotatable bonds is 9.